The first-order valence-electron chi connectivity index (χ1n) is 7.92. The van der Waals surface area contributed by atoms with E-state index in [1.54, 1.807) is 0 Å². The SMILES string of the molecule is O=c1[nH]c2cccc(OCCN3CCc4ccccc4C3)c2[nH]1. The van der Waals surface area contributed by atoms with E-state index in [1.165, 1.54) is 11.1 Å². The Morgan fingerprint density at radius 2 is 1.91 bits per heavy atom. The van der Waals surface area contributed by atoms with Gasteiger partial charge in [0.1, 0.15) is 17.9 Å². The first-order chi connectivity index (χ1) is 11.3. The van der Waals surface area contributed by atoms with E-state index in [1.807, 2.05) is 18.2 Å². The van der Waals surface area contributed by atoms with Gasteiger partial charge in [-0.25, -0.2) is 4.79 Å². The van der Waals surface area contributed by atoms with Crippen LogP contribution in [0.5, 0.6) is 5.75 Å². The molecule has 2 heterocycles. The second-order valence-electron chi connectivity index (χ2n) is 5.90. The number of aromatic amines is 2. The molecular formula is C18H19N3O2. The van der Waals surface area contributed by atoms with Gasteiger partial charge < -0.3 is 14.7 Å². The molecule has 0 aliphatic carbocycles. The third-order valence-electron chi connectivity index (χ3n) is 4.39. The predicted molar refractivity (Wildman–Crippen MR) is 89.8 cm³/mol. The molecule has 2 aromatic carbocycles. The number of hydrogen-bond acceptors (Lipinski definition) is 3. The van der Waals surface area contributed by atoms with Crippen LogP contribution < -0.4 is 10.4 Å². The van der Waals surface area contributed by atoms with Gasteiger partial charge in [-0.05, 0) is 29.7 Å². The smallest absolute Gasteiger partial charge is 0.323 e. The van der Waals surface area contributed by atoms with Crippen molar-refractivity contribution in [3.63, 3.8) is 0 Å². The molecule has 0 spiro atoms. The van der Waals surface area contributed by atoms with Gasteiger partial charge in [-0.1, -0.05) is 30.3 Å². The van der Waals surface area contributed by atoms with Crippen molar-refractivity contribution >= 4 is 11.0 Å². The number of nitrogens with zero attached hydrogens (tertiary/aromatic N) is 1. The molecule has 1 aliphatic heterocycles. The van der Waals surface area contributed by atoms with Crippen LogP contribution in [0.1, 0.15) is 11.1 Å². The molecular weight excluding hydrogens is 290 g/mol. The monoisotopic (exact) mass is 309 g/mol. The van der Waals surface area contributed by atoms with E-state index in [2.05, 4.69) is 39.1 Å². The Balaban J connectivity index is 1.40. The van der Waals surface area contributed by atoms with Crippen LogP contribution in [0.25, 0.3) is 11.0 Å². The van der Waals surface area contributed by atoms with Crippen LogP contribution in [-0.4, -0.2) is 34.6 Å². The molecule has 5 heteroatoms. The number of nitrogens with one attached hydrogen (secondary N) is 2. The quantitative estimate of drug-likeness (QED) is 0.777. The largest absolute Gasteiger partial charge is 0.490 e. The van der Waals surface area contributed by atoms with Crippen LogP contribution in [0.2, 0.25) is 0 Å². The number of hydrogen-bond donors (Lipinski definition) is 2. The van der Waals surface area contributed by atoms with E-state index < -0.39 is 0 Å². The number of aromatic nitrogens is 2. The standard InChI is InChI=1S/C18H19N3O2/c22-18-19-15-6-3-7-16(17(15)20-18)23-11-10-21-9-8-13-4-1-2-5-14(13)12-21/h1-7H,8-12H2,(H2,19,20,22). The van der Waals surface area contributed by atoms with Gasteiger partial charge in [-0.2, -0.15) is 0 Å². The Bertz CT molecular complexity index is 881. The van der Waals surface area contributed by atoms with Crippen LogP contribution in [-0.2, 0) is 13.0 Å². The molecule has 0 radical (unpaired) electrons. The highest BCUT2D eigenvalue weighted by Crippen LogP contribution is 2.21. The summed E-state index contributed by atoms with van der Waals surface area (Å²) in [6, 6.07) is 14.3. The summed E-state index contributed by atoms with van der Waals surface area (Å²) in [4.78, 5) is 19.3. The number of ether oxygens (including phenoxy) is 1. The minimum Gasteiger partial charge on any atom is -0.490 e. The Kier molecular flexibility index (Phi) is 3.63. The second kappa shape index (κ2) is 5.93. The molecule has 0 saturated heterocycles. The molecule has 4 rings (SSSR count). The number of imidazole rings is 1. The van der Waals surface area contributed by atoms with Gasteiger partial charge in [-0.3, -0.25) is 4.90 Å². The van der Waals surface area contributed by atoms with Crippen molar-refractivity contribution in [3.8, 4) is 5.75 Å². The zero-order valence-corrected chi connectivity index (χ0v) is 12.8. The molecule has 118 valence electrons. The highest BCUT2D eigenvalue weighted by Gasteiger charge is 2.15. The summed E-state index contributed by atoms with van der Waals surface area (Å²) in [5.74, 6) is 0.721. The summed E-state index contributed by atoms with van der Waals surface area (Å²) in [6.45, 7) is 3.52. The molecule has 0 bridgehead atoms. The average Bonchev–Trinajstić information content (AvgIpc) is 2.96. The van der Waals surface area contributed by atoms with Crippen molar-refractivity contribution in [2.75, 3.05) is 19.7 Å². The van der Waals surface area contributed by atoms with Gasteiger partial charge in [0.15, 0.2) is 0 Å². The summed E-state index contributed by atoms with van der Waals surface area (Å²) in [5.41, 5.74) is 4.18. The Hall–Kier alpha value is -2.53. The molecule has 1 aliphatic rings. The van der Waals surface area contributed by atoms with E-state index in [-0.39, 0.29) is 5.69 Å². The maximum atomic E-state index is 11.4. The summed E-state index contributed by atoms with van der Waals surface area (Å²) in [5, 5.41) is 0. The van der Waals surface area contributed by atoms with Gasteiger partial charge in [-0.15, -0.1) is 0 Å². The van der Waals surface area contributed by atoms with Gasteiger partial charge >= 0.3 is 5.69 Å². The molecule has 3 aromatic rings. The number of benzene rings is 2. The van der Waals surface area contributed by atoms with Crippen LogP contribution in [0, 0.1) is 0 Å². The second-order valence-corrected chi connectivity index (χ2v) is 5.90. The average molecular weight is 309 g/mol. The lowest BCUT2D eigenvalue weighted by Gasteiger charge is -2.28. The molecule has 0 amide bonds. The first kappa shape index (κ1) is 14.1. The Labute approximate surface area is 133 Å². The van der Waals surface area contributed by atoms with Crippen molar-refractivity contribution < 1.29 is 4.74 Å². The van der Waals surface area contributed by atoms with Crippen molar-refractivity contribution in [1.29, 1.82) is 0 Å². The van der Waals surface area contributed by atoms with Gasteiger partial charge in [0.2, 0.25) is 0 Å². The third kappa shape index (κ3) is 2.87. The maximum Gasteiger partial charge on any atom is 0.323 e. The minimum absolute atomic E-state index is 0.205. The highest BCUT2D eigenvalue weighted by atomic mass is 16.5. The highest BCUT2D eigenvalue weighted by molar-refractivity contribution is 5.80. The van der Waals surface area contributed by atoms with Gasteiger partial charge in [0, 0.05) is 19.6 Å². The van der Waals surface area contributed by atoms with Crippen LogP contribution in [0.15, 0.2) is 47.3 Å². The zero-order chi connectivity index (χ0) is 15.6. The Morgan fingerprint density at radius 1 is 1.04 bits per heavy atom. The summed E-state index contributed by atoms with van der Waals surface area (Å²) in [6.07, 6.45) is 1.09. The molecule has 5 nitrogen and oxygen atoms in total. The molecule has 23 heavy (non-hydrogen) atoms. The van der Waals surface area contributed by atoms with Crippen LogP contribution >= 0.6 is 0 Å². The number of rotatable bonds is 4. The molecule has 2 N–H and O–H groups in total. The van der Waals surface area contributed by atoms with E-state index in [9.17, 15) is 4.79 Å². The first-order valence-corrected chi connectivity index (χ1v) is 7.92. The van der Waals surface area contributed by atoms with E-state index in [0.29, 0.717) is 6.61 Å². The molecule has 0 unspecified atom stereocenters. The van der Waals surface area contributed by atoms with Gasteiger partial charge in [0.05, 0.1) is 5.52 Å². The fraction of sp³-hybridized carbons (Fsp3) is 0.278. The lowest BCUT2D eigenvalue weighted by molar-refractivity contribution is 0.197. The fourth-order valence-corrected chi connectivity index (χ4v) is 3.18. The van der Waals surface area contributed by atoms with Crippen molar-refractivity contribution in [2.24, 2.45) is 0 Å². The molecule has 1 aromatic heterocycles. The Morgan fingerprint density at radius 3 is 2.83 bits per heavy atom. The fourth-order valence-electron chi connectivity index (χ4n) is 3.18. The zero-order valence-electron chi connectivity index (χ0n) is 12.8. The number of fused-ring (bicyclic) bond motifs is 2. The normalized spacial score (nSPS) is 14.8. The minimum atomic E-state index is -0.205. The number of H-pyrrole nitrogens is 2. The van der Waals surface area contributed by atoms with Crippen LogP contribution in [0.4, 0.5) is 0 Å². The van der Waals surface area contributed by atoms with Crippen LogP contribution in [0.3, 0.4) is 0 Å². The maximum absolute atomic E-state index is 11.4. The predicted octanol–water partition coefficient (Wildman–Crippen LogP) is 2.29. The third-order valence-corrected chi connectivity index (χ3v) is 4.39. The lowest BCUT2D eigenvalue weighted by atomic mass is 10.0. The molecule has 0 saturated carbocycles. The van der Waals surface area contributed by atoms with Crippen molar-refractivity contribution in [3.05, 3.63) is 64.1 Å². The number of para-hydroxylation sites is 1. The molecule has 0 fully saturated rings. The lowest BCUT2D eigenvalue weighted by Crippen LogP contribution is -2.33. The topological polar surface area (TPSA) is 61.1 Å². The van der Waals surface area contributed by atoms with E-state index in [4.69, 9.17) is 4.74 Å². The van der Waals surface area contributed by atoms with Crippen molar-refractivity contribution in [1.82, 2.24) is 14.9 Å². The summed E-state index contributed by atoms with van der Waals surface area (Å²) in [7, 11) is 0. The molecule has 0 atom stereocenters. The summed E-state index contributed by atoms with van der Waals surface area (Å²) >= 11 is 0. The van der Waals surface area contributed by atoms with Gasteiger partial charge in [0.25, 0.3) is 0 Å². The van der Waals surface area contributed by atoms with E-state index in [0.717, 1.165) is 42.8 Å². The van der Waals surface area contributed by atoms with E-state index >= 15 is 0 Å². The summed E-state index contributed by atoms with van der Waals surface area (Å²) < 4.78 is 5.89. The van der Waals surface area contributed by atoms with Crippen molar-refractivity contribution in [2.45, 2.75) is 13.0 Å².